The summed E-state index contributed by atoms with van der Waals surface area (Å²) in [6.45, 7) is 0. The smallest absolute Gasteiger partial charge is 0.250 e. The van der Waals surface area contributed by atoms with E-state index < -0.39 is 16.5 Å². The van der Waals surface area contributed by atoms with Gasteiger partial charge in [0.05, 0.1) is 11.1 Å². The van der Waals surface area contributed by atoms with Crippen LogP contribution in [-0.2, 0) is 6.42 Å². The summed E-state index contributed by atoms with van der Waals surface area (Å²) in [5, 5.41) is 0.924. The second-order valence-electron chi connectivity index (χ2n) is 7.49. The molecule has 0 saturated carbocycles. The molecule has 3 aromatic rings. The zero-order valence-electron chi connectivity index (χ0n) is 15.3. The summed E-state index contributed by atoms with van der Waals surface area (Å²) in [4.78, 5) is 15.2. The van der Waals surface area contributed by atoms with E-state index in [1.807, 2.05) is 12.3 Å². The van der Waals surface area contributed by atoms with Gasteiger partial charge in [0.1, 0.15) is 5.82 Å². The molecule has 5 nitrogen and oxygen atoms in total. The summed E-state index contributed by atoms with van der Waals surface area (Å²) in [6.07, 6.45) is 4.24. The largest absolute Gasteiger partial charge is 0.366 e. The Kier molecular flexibility index (Phi) is 4.91. The number of hydrogen-bond donors (Lipinski definition) is 4. The Morgan fingerprint density at radius 2 is 1.82 bits per heavy atom. The zero-order chi connectivity index (χ0) is 19.9. The Morgan fingerprint density at radius 3 is 2.46 bits per heavy atom. The Labute approximate surface area is 164 Å². The van der Waals surface area contributed by atoms with Gasteiger partial charge in [-0.3, -0.25) is 13.9 Å². The monoisotopic (exact) mass is 402 g/mol. The van der Waals surface area contributed by atoms with Crippen LogP contribution in [0.2, 0.25) is 0 Å². The van der Waals surface area contributed by atoms with Gasteiger partial charge in [-0.2, -0.15) is 10.6 Å². The van der Waals surface area contributed by atoms with Crippen LogP contribution in [0.5, 0.6) is 0 Å². The average molecular weight is 402 g/mol. The van der Waals surface area contributed by atoms with Gasteiger partial charge in [-0.25, -0.2) is 4.39 Å². The zero-order valence-corrected chi connectivity index (χ0v) is 16.1. The van der Waals surface area contributed by atoms with Crippen molar-refractivity contribution in [2.45, 2.75) is 19.3 Å². The Morgan fingerprint density at radius 1 is 1.14 bits per heavy atom. The minimum Gasteiger partial charge on any atom is -0.366 e. The lowest BCUT2D eigenvalue weighted by Gasteiger charge is -2.39. The number of nitrogens with one attached hydrogen (secondary N) is 1. The van der Waals surface area contributed by atoms with E-state index in [9.17, 15) is 18.3 Å². The van der Waals surface area contributed by atoms with Crippen LogP contribution >= 0.6 is 10.6 Å². The van der Waals surface area contributed by atoms with E-state index in [0.717, 1.165) is 41.3 Å². The van der Waals surface area contributed by atoms with E-state index in [-0.39, 0.29) is 5.82 Å². The molecule has 5 N–H and O–H groups in total. The lowest BCUT2D eigenvalue weighted by atomic mass is 9.92. The molecule has 0 spiro atoms. The van der Waals surface area contributed by atoms with Gasteiger partial charge >= 0.3 is 0 Å². The number of carbonyl (C=O) groups is 1. The first-order valence-electron chi connectivity index (χ1n) is 9.26. The van der Waals surface area contributed by atoms with Gasteiger partial charge in [-0.15, -0.1) is 0 Å². The molecule has 148 valence electrons. The average Bonchev–Trinajstić information content (AvgIpc) is 3.06. The molecule has 0 aliphatic carbocycles. The Hall–Kier alpha value is -2.35. The van der Waals surface area contributed by atoms with E-state index in [1.54, 1.807) is 18.2 Å². The lowest BCUT2D eigenvalue weighted by Crippen LogP contribution is -2.21. The molecule has 2 heterocycles. The van der Waals surface area contributed by atoms with Gasteiger partial charge in [0.15, 0.2) is 0 Å². The number of hydrogen-bond acceptors (Lipinski definition) is 3. The Balaban J connectivity index is 1.72. The van der Waals surface area contributed by atoms with E-state index in [0.29, 0.717) is 28.5 Å². The van der Waals surface area contributed by atoms with Crippen molar-refractivity contribution in [2.24, 2.45) is 11.7 Å². The second-order valence-corrected chi connectivity index (χ2v) is 9.91. The van der Waals surface area contributed by atoms with Crippen molar-refractivity contribution >= 4 is 27.4 Å². The van der Waals surface area contributed by atoms with Crippen molar-refractivity contribution in [3.05, 3.63) is 59.5 Å². The van der Waals surface area contributed by atoms with Crippen LogP contribution in [0.4, 0.5) is 4.39 Å². The molecule has 1 fully saturated rings. The molecule has 1 amide bonds. The molecule has 1 aliphatic heterocycles. The number of H-pyrrole nitrogens is 1. The summed E-state index contributed by atoms with van der Waals surface area (Å²) in [7, 11) is -2.40. The highest BCUT2D eigenvalue weighted by Gasteiger charge is 2.25. The fraction of sp³-hybridized carbons (Fsp3) is 0.286. The Bertz CT molecular complexity index is 1020. The highest BCUT2D eigenvalue weighted by Crippen LogP contribution is 2.46. The van der Waals surface area contributed by atoms with Gasteiger partial charge in [0.2, 0.25) is 0 Å². The van der Waals surface area contributed by atoms with Gasteiger partial charge in [0, 0.05) is 23.1 Å². The van der Waals surface area contributed by atoms with Crippen LogP contribution in [0.15, 0.2) is 42.6 Å². The molecular weight excluding hydrogens is 379 g/mol. The SMILES string of the molecule is NC(=O)c1cc(-c2ccc(F)cc2)cc2c(CC3CCS(O)(O)CC3)c[nH]c12. The minimum absolute atomic E-state index is 0.314. The number of aromatic amines is 1. The number of nitrogens with two attached hydrogens (primary N) is 1. The third-order valence-corrected chi connectivity index (χ3v) is 7.31. The van der Waals surface area contributed by atoms with Crippen molar-refractivity contribution < 1.29 is 18.3 Å². The van der Waals surface area contributed by atoms with E-state index >= 15 is 0 Å². The molecule has 0 atom stereocenters. The quantitative estimate of drug-likeness (QED) is 0.505. The molecule has 0 radical (unpaired) electrons. The van der Waals surface area contributed by atoms with E-state index in [1.165, 1.54) is 12.1 Å². The maximum absolute atomic E-state index is 13.3. The third kappa shape index (κ3) is 3.78. The standard InChI is InChI=1S/C21H23FN2O3S/c22-17-3-1-14(2-4-17)15-10-18-16(9-13-5-7-28(26,27)8-6-13)12-24-20(18)19(11-15)21(23)25/h1-4,10-13,24,26-27H,5-9H2,(H2,23,25). The molecule has 0 bridgehead atoms. The number of rotatable bonds is 4. The predicted molar refractivity (Wildman–Crippen MR) is 111 cm³/mol. The topological polar surface area (TPSA) is 99.3 Å². The molecule has 4 rings (SSSR count). The van der Waals surface area contributed by atoms with E-state index in [4.69, 9.17) is 5.73 Å². The molecule has 1 saturated heterocycles. The maximum Gasteiger partial charge on any atom is 0.250 e. The van der Waals surface area contributed by atoms with Gasteiger partial charge in [-0.1, -0.05) is 12.1 Å². The molecular formula is C21H23FN2O3S. The van der Waals surface area contributed by atoms with Crippen LogP contribution < -0.4 is 5.73 Å². The van der Waals surface area contributed by atoms with Crippen LogP contribution in [0.1, 0.15) is 28.8 Å². The first-order valence-corrected chi connectivity index (χ1v) is 11.1. The molecule has 28 heavy (non-hydrogen) atoms. The normalized spacial score (nSPS) is 18.2. The summed E-state index contributed by atoms with van der Waals surface area (Å²) in [5.41, 5.74) is 9.40. The number of halogens is 1. The lowest BCUT2D eigenvalue weighted by molar-refractivity contribution is 0.100. The van der Waals surface area contributed by atoms with Crippen LogP contribution in [0, 0.1) is 11.7 Å². The minimum atomic E-state index is -2.40. The van der Waals surface area contributed by atoms with Gasteiger partial charge in [0.25, 0.3) is 5.91 Å². The van der Waals surface area contributed by atoms with Gasteiger partial charge in [-0.05, 0) is 66.1 Å². The fourth-order valence-electron chi connectivity index (χ4n) is 3.93. The fourth-order valence-corrected chi connectivity index (χ4v) is 5.56. The van der Waals surface area contributed by atoms with Crippen molar-refractivity contribution in [1.82, 2.24) is 4.98 Å². The van der Waals surface area contributed by atoms with Gasteiger partial charge < -0.3 is 10.7 Å². The first-order chi connectivity index (χ1) is 13.3. The number of carbonyl (C=O) groups excluding carboxylic acids is 1. The molecule has 1 aliphatic rings. The number of fused-ring (bicyclic) bond motifs is 1. The van der Waals surface area contributed by atoms with Crippen molar-refractivity contribution in [2.75, 3.05) is 11.5 Å². The van der Waals surface area contributed by atoms with Crippen LogP contribution in [0.3, 0.4) is 0 Å². The number of amides is 1. The predicted octanol–water partition coefficient (Wildman–Crippen LogP) is 4.78. The third-order valence-electron chi connectivity index (χ3n) is 5.53. The molecule has 1 aromatic heterocycles. The maximum atomic E-state index is 13.3. The highest BCUT2D eigenvalue weighted by molar-refractivity contribution is 8.24. The summed E-state index contributed by atoms with van der Waals surface area (Å²) < 4.78 is 32.9. The summed E-state index contributed by atoms with van der Waals surface area (Å²) in [5.74, 6) is 0.436. The molecule has 0 unspecified atom stereocenters. The molecule has 7 heteroatoms. The van der Waals surface area contributed by atoms with Crippen LogP contribution in [-0.4, -0.2) is 31.5 Å². The second kappa shape index (κ2) is 7.24. The number of benzene rings is 2. The van der Waals surface area contributed by atoms with Crippen molar-refractivity contribution in [1.29, 1.82) is 0 Å². The van der Waals surface area contributed by atoms with Crippen molar-refractivity contribution in [3.8, 4) is 11.1 Å². The first kappa shape index (κ1) is 19.0. The number of aromatic nitrogens is 1. The number of primary amides is 1. The van der Waals surface area contributed by atoms with E-state index in [2.05, 4.69) is 4.98 Å². The van der Waals surface area contributed by atoms with Crippen LogP contribution in [0.25, 0.3) is 22.0 Å². The summed E-state index contributed by atoms with van der Waals surface area (Å²) >= 11 is 0. The molecule has 2 aromatic carbocycles. The highest BCUT2D eigenvalue weighted by atomic mass is 32.3. The summed E-state index contributed by atoms with van der Waals surface area (Å²) in [6, 6.07) is 9.87. The van der Waals surface area contributed by atoms with Crippen molar-refractivity contribution in [3.63, 3.8) is 0 Å².